The van der Waals surface area contributed by atoms with Crippen molar-refractivity contribution in [3.05, 3.63) is 69.4 Å². The zero-order chi connectivity index (χ0) is 15.8. The SMILES string of the molecule is Clc1ccccc1Cc1nnc2sc(-c3ccccc3Br)nn12. The number of hydrogen-bond donors (Lipinski definition) is 0. The summed E-state index contributed by atoms with van der Waals surface area (Å²) in [5.74, 6) is 0.780. The highest BCUT2D eigenvalue weighted by molar-refractivity contribution is 9.10. The Morgan fingerprint density at radius 1 is 1.04 bits per heavy atom. The fourth-order valence-electron chi connectivity index (χ4n) is 2.32. The molecule has 2 heterocycles. The number of halogens is 2. The van der Waals surface area contributed by atoms with Crippen LogP contribution in [0, 0.1) is 0 Å². The number of hydrogen-bond acceptors (Lipinski definition) is 4. The summed E-state index contributed by atoms with van der Waals surface area (Å²) in [7, 11) is 0. The van der Waals surface area contributed by atoms with Crippen LogP contribution in [-0.4, -0.2) is 19.8 Å². The van der Waals surface area contributed by atoms with Crippen LogP contribution in [0.15, 0.2) is 53.0 Å². The van der Waals surface area contributed by atoms with Gasteiger partial charge in [-0.05, 0) is 17.7 Å². The smallest absolute Gasteiger partial charge is 0.187 e. The molecular formula is C16H10BrClN4S. The van der Waals surface area contributed by atoms with E-state index in [9.17, 15) is 0 Å². The van der Waals surface area contributed by atoms with Gasteiger partial charge in [-0.15, -0.1) is 10.2 Å². The first-order valence-electron chi connectivity index (χ1n) is 6.92. The van der Waals surface area contributed by atoms with Crippen LogP contribution >= 0.6 is 38.9 Å². The minimum atomic E-state index is 0.597. The lowest BCUT2D eigenvalue weighted by Gasteiger charge is -2.01. The molecular weight excluding hydrogens is 396 g/mol. The third-order valence-electron chi connectivity index (χ3n) is 3.47. The Labute approximate surface area is 149 Å². The van der Waals surface area contributed by atoms with E-state index in [4.69, 9.17) is 11.6 Å². The number of nitrogens with zero attached hydrogens (tertiary/aromatic N) is 4. The first-order chi connectivity index (χ1) is 11.2. The number of rotatable bonds is 3. The van der Waals surface area contributed by atoms with Gasteiger partial charge in [-0.2, -0.15) is 9.61 Å². The third-order valence-corrected chi connectivity index (χ3v) is 5.46. The summed E-state index contributed by atoms with van der Waals surface area (Å²) >= 11 is 11.3. The van der Waals surface area contributed by atoms with Crippen molar-refractivity contribution in [1.29, 1.82) is 0 Å². The molecule has 4 rings (SSSR count). The van der Waals surface area contributed by atoms with Crippen molar-refractivity contribution in [2.24, 2.45) is 0 Å². The second-order valence-electron chi connectivity index (χ2n) is 4.97. The monoisotopic (exact) mass is 404 g/mol. The van der Waals surface area contributed by atoms with Gasteiger partial charge in [0.05, 0.1) is 0 Å². The van der Waals surface area contributed by atoms with E-state index in [1.165, 1.54) is 11.3 Å². The lowest BCUT2D eigenvalue weighted by molar-refractivity contribution is 0.854. The summed E-state index contributed by atoms with van der Waals surface area (Å²) in [6, 6.07) is 15.8. The van der Waals surface area contributed by atoms with E-state index >= 15 is 0 Å². The quantitative estimate of drug-likeness (QED) is 0.489. The molecule has 0 amide bonds. The van der Waals surface area contributed by atoms with Crippen LogP contribution in [0.2, 0.25) is 5.02 Å². The van der Waals surface area contributed by atoms with Crippen molar-refractivity contribution in [3.8, 4) is 10.6 Å². The van der Waals surface area contributed by atoms with Crippen LogP contribution in [0.25, 0.3) is 15.5 Å². The maximum Gasteiger partial charge on any atom is 0.234 e. The second kappa shape index (κ2) is 6.03. The van der Waals surface area contributed by atoms with Gasteiger partial charge in [0.25, 0.3) is 0 Å². The molecule has 0 atom stereocenters. The van der Waals surface area contributed by atoms with Crippen molar-refractivity contribution in [3.63, 3.8) is 0 Å². The molecule has 0 saturated heterocycles. The van der Waals surface area contributed by atoms with Crippen molar-refractivity contribution < 1.29 is 0 Å². The number of fused-ring (bicyclic) bond motifs is 1. The molecule has 2 aromatic carbocycles. The standard InChI is InChI=1S/C16H10BrClN4S/c17-12-7-3-2-6-11(12)15-21-22-14(19-20-16(22)23-15)9-10-5-1-4-8-13(10)18/h1-8H,9H2. The summed E-state index contributed by atoms with van der Waals surface area (Å²) < 4.78 is 2.81. The summed E-state index contributed by atoms with van der Waals surface area (Å²) in [5, 5.41) is 14.8. The average molecular weight is 406 g/mol. The predicted octanol–water partition coefficient (Wildman–Crippen LogP) is 4.86. The average Bonchev–Trinajstić information content (AvgIpc) is 3.12. The molecule has 0 aliphatic heterocycles. The fourth-order valence-corrected chi connectivity index (χ4v) is 4.03. The predicted molar refractivity (Wildman–Crippen MR) is 96.1 cm³/mol. The van der Waals surface area contributed by atoms with Gasteiger partial charge in [0.15, 0.2) is 5.82 Å². The van der Waals surface area contributed by atoms with E-state index in [0.717, 1.165) is 36.4 Å². The van der Waals surface area contributed by atoms with E-state index in [2.05, 4.69) is 31.2 Å². The Hall–Kier alpha value is -1.76. The molecule has 0 spiro atoms. The highest BCUT2D eigenvalue weighted by Gasteiger charge is 2.15. The van der Waals surface area contributed by atoms with Gasteiger partial charge in [0.2, 0.25) is 4.96 Å². The van der Waals surface area contributed by atoms with Crippen LogP contribution in [0.4, 0.5) is 0 Å². The second-order valence-corrected chi connectivity index (χ2v) is 7.18. The molecule has 0 saturated carbocycles. The van der Waals surface area contributed by atoms with Gasteiger partial charge in [-0.3, -0.25) is 0 Å². The molecule has 4 nitrogen and oxygen atoms in total. The minimum Gasteiger partial charge on any atom is -0.187 e. The minimum absolute atomic E-state index is 0.597. The molecule has 0 aliphatic carbocycles. The van der Waals surface area contributed by atoms with Crippen LogP contribution in [0.3, 0.4) is 0 Å². The van der Waals surface area contributed by atoms with Crippen molar-refractivity contribution in [2.45, 2.75) is 6.42 Å². The molecule has 0 fully saturated rings. The van der Waals surface area contributed by atoms with Gasteiger partial charge < -0.3 is 0 Å². The largest absolute Gasteiger partial charge is 0.234 e. The van der Waals surface area contributed by atoms with Crippen molar-refractivity contribution in [2.75, 3.05) is 0 Å². The van der Waals surface area contributed by atoms with Crippen LogP contribution in [0.1, 0.15) is 11.4 Å². The van der Waals surface area contributed by atoms with Gasteiger partial charge in [0, 0.05) is 21.5 Å². The van der Waals surface area contributed by atoms with Crippen molar-refractivity contribution >= 4 is 43.8 Å². The van der Waals surface area contributed by atoms with Gasteiger partial charge in [-0.25, -0.2) is 0 Å². The maximum atomic E-state index is 6.23. The first-order valence-corrected chi connectivity index (χ1v) is 8.90. The molecule has 7 heteroatoms. The highest BCUT2D eigenvalue weighted by atomic mass is 79.9. The lowest BCUT2D eigenvalue weighted by Crippen LogP contribution is -1.98. The molecule has 0 radical (unpaired) electrons. The van der Waals surface area contributed by atoms with Gasteiger partial charge >= 0.3 is 0 Å². The van der Waals surface area contributed by atoms with Crippen LogP contribution in [0.5, 0.6) is 0 Å². The van der Waals surface area contributed by atoms with Crippen LogP contribution < -0.4 is 0 Å². The molecule has 23 heavy (non-hydrogen) atoms. The summed E-state index contributed by atoms with van der Waals surface area (Å²) in [5.41, 5.74) is 2.06. The zero-order valence-electron chi connectivity index (χ0n) is 11.8. The van der Waals surface area contributed by atoms with Crippen LogP contribution in [-0.2, 0) is 6.42 Å². The van der Waals surface area contributed by atoms with Crippen molar-refractivity contribution in [1.82, 2.24) is 19.8 Å². The summed E-state index contributed by atoms with van der Waals surface area (Å²) in [6.07, 6.45) is 0.597. The molecule has 0 bridgehead atoms. The van der Waals surface area contributed by atoms with Gasteiger partial charge in [-0.1, -0.05) is 75.3 Å². The zero-order valence-corrected chi connectivity index (χ0v) is 14.9. The van der Waals surface area contributed by atoms with E-state index in [-0.39, 0.29) is 0 Å². The van der Waals surface area contributed by atoms with Gasteiger partial charge in [0.1, 0.15) is 5.01 Å². The highest BCUT2D eigenvalue weighted by Crippen LogP contribution is 2.31. The maximum absolute atomic E-state index is 6.23. The van der Waals surface area contributed by atoms with E-state index in [1.807, 2.05) is 48.5 Å². The molecule has 0 N–H and O–H groups in total. The first kappa shape index (κ1) is 14.8. The van der Waals surface area contributed by atoms with E-state index in [0.29, 0.717) is 6.42 Å². The Morgan fingerprint density at radius 2 is 1.83 bits per heavy atom. The topological polar surface area (TPSA) is 43.1 Å². The Morgan fingerprint density at radius 3 is 2.65 bits per heavy atom. The van der Waals surface area contributed by atoms with E-state index < -0.39 is 0 Å². The lowest BCUT2D eigenvalue weighted by atomic mass is 10.1. The fraction of sp³-hybridized carbons (Fsp3) is 0.0625. The normalized spacial score (nSPS) is 11.2. The Balaban J connectivity index is 1.76. The molecule has 114 valence electrons. The molecule has 0 aliphatic rings. The van der Waals surface area contributed by atoms with E-state index in [1.54, 1.807) is 4.52 Å². The summed E-state index contributed by atoms with van der Waals surface area (Å²) in [4.78, 5) is 0.776. The number of aromatic nitrogens is 4. The molecule has 2 aromatic heterocycles. The molecule has 4 aromatic rings. The Kier molecular flexibility index (Phi) is 3.88. The Bertz CT molecular complexity index is 995. The summed E-state index contributed by atoms with van der Waals surface area (Å²) in [6.45, 7) is 0. The molecule has 0 unspecified atom stereocenters. The number of benzene rings is 2. The third kappa shape index (κ3) is 2.78.